The first kappa shape index (κ1) is 19.3. The van der Waals surface area contributed by atoms with Gasteiger partial charge in [-0.15, -0.1) is 23.2 Å². The van der Waals surface area contributed by atoms with Crippen LogP contribution < -0.4 is 0 Å². The molecule has 0 aromatic heterocycles. The van der Waals surface area contributed by atoms with E-state index in [9.17, 15) is 0 Å². The monoisotopic (exact) mass is 376 g/mol. The van der Waals surface area contributed by atoms with Crippen LogP contribution in [0.4, 0.5) is 0 Å². The summed E-state index contributed by atoms with van der Waals surface area (Å²) in [5.41, 5.74) is 0.276. The summed E-state index contributed by atoms with van der Waals surface area (Å²) in [6, 6.07) is 0. The maximum absolute atomic E-state index is 7.06. The molecule has 2 spiro atoms. The molecule has 0 bridgehead atoms. The average molecular weight is 377 g/mol. The van der Waals surface area contributed by atoms with E-state index in [0.29, 0.717) is 12.2 Å². The summed E-state index contributed by atoms with van der Waals surface area (Å²) >= 11 is 14.1. The molecule has 3 aliphatic rings. The van der Waals surface area contributed by atoms with Crippen LogP contribution in [0.1, 0.15) is 84.5 Å². The molecule has 0 radical (unpaired) electrons. The van der Waals surface area contributed by atoms with Crippen molar-refractivity contribution in [3.63, 3.8) is 0 Å². The van der Waals surface area contributed by atoms with E-state index < -0.39 is 4.33 Å². The van der Waals surface area contributed by atoms with Crippen molar-refractivity contribution in [3.05, 3.63) is 0 Å². The predicted molar refractivity (Wildman–Crippen MR) is 101 cm³/mol. The van der Waals surface area contributed by atoms with E-state index in [1.807, 2.05) is 0 Å². The quantitative estimate of drug-likeness (QED) is 0.508. The fraction of sp³-hybridized carbons (Fsp3) is 1.00. The highest BCUT2D eigenvalue weighted by Crippen LogP contribution is 2.76. The minimum atomic E-state index is -0.550. The van der Waals surface area contributed by atoms with Crippen LogP contribution in [0, 0.1) is 10.8 Å². The Bertz CT molecular complexity index is 372. The second-order valence-electron chi connectivity index (χ2n) is 8.45. The van der Waals surface area contributed by atoms with Crippen LogP contribution >= 0.6 is 23.2 Å². The van der Waals surface area contributed by atoms with E-state index in [1.165, 1.54) is 6.42 Å². The molecule has 3 saturated carbocycles. The van der Waals surface area contributed by atoms with Crippen molar-refractivity contribution in [1.82, 2.24) is 0 Å². The minimum Gasteiger partial charge on any atom is -0.378 e. The summed E-state index contributed by atoms with van der Waals surface area (Å²) < 4.78 is 11.3. The molecule has 4 heteroatoms. The highest BCUT2D eigenvalue weighted by atomic mass is 35.5. The van der Waals surface area contributed by atoms with Gasteiger partial charge in [0, 0.05) is 24.0 Å². The van der Waals surface area contributed by atoms with Gasteiger partial charge in [0.2, 0.25) is 0 Å². The number of hydrogen-bond acceptors (Lipinski definition) is 2. The SMILES string of the molecule is CCCOC1CC[C@]2(CC1)C[C@@]1(CCC(OCCC)CC1)C2(Cl)Cl. The number of hydrogen-bond donors (Lipinski definition) is 0. The lowest BCUT2D eigenvalue weighted by molar-refractivity contribution is -0.139. The number of ether oxygens (including phenoxy) is 2. The maximum atomic E-state index is 7.06. The molecule has 0 saturated heterocycles. The third-order valence-corrected chi connectivity index (χ3v) is 8.51. The molecule has 0 aromatic rings. The predicted octanol–water partition coefficient (Wildman–Crippen LogP) is 6.28. The molecule has 0 aliphatic heterocycles. The van der Waals surface area contributed by atoms with Crippen molar-refractivity contribution in [2.24, 2.45) is 10.8 Å². The summed E-state index contributed by atoms with van der Waals surface area (Å²) in [4.78, 5) is 0. The normalized spacial score (nSPS) is 41.5. The van der Waals surface area contributed by atoms with E-state index in [4.69, 9.17) is 32.7 Å². The molecule has 0 unspecified atom stereocenters. The summed E-state index contributed by atoms with van der Waals surface area (Å²) in [6.07, 6.45) is 13.3. The fourth-order valence-electron chi connectivity index (χ4n) is 5.50. The molecule has 0 heterocycles. The summed E-state index contributed by atoms with van der Waals surface area (Å²) in [7, 11) is 0. The van der Waals surface area contributed by atoms with Gasteiger partial charge in [-0.1, -0.05) is 13.8 Å². The second-order valence-corrected chi connectivity index (χ2v) is 9.78. The smallest absolute Gasteiger partial charge is 0.129 e. The Morgan fingerprint density at radius 3 is 1.42 bits per heavy atom. The molecule has 2 nitrogen and oxygen atoms in total. The van der Waals surface area contributed by atoms with Gasteiger partial charge in [-0.05, 0) is 70.6 Å². The molecular formula is C20H34Cl2O2. The first-order valence-corrected chi connectivity index (χ1v) is 10.9. The van der Waals surface area contributed by atoms with Gasteiger partial charge >= 0.3 is 0 Å². The van der Waals surface area contributed by atoms with E-state index >= 15 is 0 Å². The molecular weight excluding hydrogens is 343 g/mol. The standard InChI is InChI=1S/C20H34Cl2O2/c1-3-13-23-16-5-9-18(10-6-16)15-19(20(18,21)22)11-7-17(8-12-19)24-14-4-2/h16-17H,3-15H2,1-2H3/t16?,17?,18-,19-. The Morgan fingerprint density at radius 1 is 0.750 bits per heavy atom. The van der Waals surface area contributed by atoms with Gasteiger partial charge in [-0.3, -0.25) is 0 Å². The van der Waals surface area contributed by atoms with Crippen molar-refractivity contribution >= 4 is 23.2 Å². The molecule has 0 aromatic carbocycles. The molecule has 3 aliphatic carbocycles. The Labute approximate surface area is 157 Å². The van der Waals surface area contributed by atoms with E-state index in [1.54, 1.807) is 0 Å². The molecule has 140 valence electrons. The van der Waals surface area contributed by atoms with Gasteiger partial charge < -0.3 is 9.47 Å². The zero-order valence-corrected chi connectivity index (χ0v) is 16.9. The molecule has 0 N–H and O–H groups in total. The van der Waals surface area contributed by atoms with Gasteiger partial charge in [0.25, 0.3) is 0 Å². The van der Waals surface area contributed by atoms with Gasteiger partial charge in [0.15, 0.2) is 0 Å². The Balaban J connectivity index is 1.54. The lowest BCUT2D eigenvalue weighted by Crippen LogP contribution is -2.67. The summed E-state index contributed by atoms with van der Waals surface area (Å²) in [5.74, 6) is 0. The highest BCUT2D eigenvalue weighted by Gasteiger charge is 2.72. The Morgan fingerprint density at radius 2 is 1.12 bits per heavy atom. The van der Waals surface area contributed by atoms with Crippen LogP contribution in [-0.2, 0) is 9.47 Å². The Kier molecular flexibility index (Phi) is 6.12. The van der Waals surface area contributed by atoms with Gasteiger partial charge in [-0.2, -0.15) is 0 Å². The van der Waals surface area contributed by atoms with Crippen molar-refractivity contribution < 1.29 is 9.47 Å². The van der Waals surface area contributed by atoms with E-state index in [0.717, 1.165) is 77.4 Å². The average Bonchev–Trinajstić information content (AvgIpc) is 2.60. The molecule has 24 heavy (non-hydrogen) atoms. The van der Waals surface area contributed by atoms with Crippen molar-refractivity contribution in [2.75, 3.05) is 13.2 Å². The van der Waals surface area contributed by atoms with Gasteiger partial charge in [0.1, 0.15) is 4.33 Å². The third kappa shape index (κ3) is 3.26. The first-order valence-electron chi connectivity index (χ1n) is 10.1. The lowest BCUT2D eigenvalue weighted by Gasteiger charge is -2.69. The van der Waals surface area contributed by atoms with Gasteiger partial charge in [-0.25, -0.2) is 0 Å². The minimum absolute atomic E-state index is 0.138. The van der Waals surface area contributed by atoms with Crippen LogP contribution in [0.25, 0.3) is 0 Å². The Hall–Kier alpha value is 0.500. The molecule has 0 atom stereocenters. The summed E-state index contributed by atoms with van der Waals surface area (Å²) in [6.45, 7) is 6.10. The van der Waals surface area contributed by atoms with Crippen molar-refractivity contribution in [2.45, 2.75) is 101 Å². The van der Waals surface area contributed by atoms with Crippen molar-refractivity contribution in [3.8, 4) is 0 Å². The van der Waals surface area contributed by atoms with Crippen LogP contribution in [-0.4, -0.2) is 29.8 Å². The van der Waals surface area contributed by atoms with Crippen LogP contribution in [0.3, 0.4) is 0 Å². The fourth-order valence-corrected chi connectivity index (χ4v) is 6.52. The number of alkyl halides is 2. The zero-order chi connectivity index (χ0) is 17.3. The second kappa shape index (κ2) is 7.62. The lowest BCUT2D eigenvalue weighted by atomic mass is 9.44. The largest absolute Gasteiger partial charge is 0.378 e. The molecule has 0 amide bonds. The van der Waals surface area contributed by atoms with Crippen molar-refractivity contribution in [1.29, 1.82) is 0 Å². The van der Waals surface area contributed by atoms with E-state index in [-0.39, 0.29) is 10.8 Å². The van der Waals surface area contributed by atoms with Crippen LogP contribution in [0.2, 0.25) is 0 Å². The third-order valence-electron chi connectivity index (χ3n) is 6.90. The first-order chi connectivity index (χ1) is 11.5. The number of rotatable bonds is 6. The summed E-state index contributed by atoms with van der Waals surface area (Å²) in [5, 5.41) is 0. The topological polar surface area (TPSA) is 18.5 Å². The highest BCUT2D eigenvalue weighted by molar-refractivity contribution is 6.50. The molecule has 3 rings (SSSR count). The van der Waals surface area contributed by atoms with Crippen LogP contribution in [0.15, 0.2) is 0 Å². The zero-order valence-electron chi connectivity index (χ0n) is 15.4. The van der Waals surface area contributed by atoms with Crippen LogP contribution in [0.5, 0.6) is 0 Å². The van der Waals surface area contributed by atoms with Gasteiger partial charge in [0.05, 0.1) is 12.2 Å². The molecule has 3 fully saturated rings. The van der Waals surface area contributed by atoms with E-state index in [2.05, 4.69) is 13.8 Å². The maximum Gasteiger partial charge on any atom is 0.129 e. The number of halogens is 2.